The molecule has 2 heteroatoms. The first-order valence-electron chi connectivity index (χ1n) is 5.21. The van der Waals surface area contributed by atoms with Crippen molar-refractivity contribution in [3.8, 4) is 6.07 Å². The monoisotopic (exact) mass is 179 g/mol. The Labute approximate surface area is 79.9 Å². The van der Waals surface area contributed by atoms with Crippen LogP contribution in [0.15, 0.2) is 0 Å². The van der Waals surface area contributed by atoms with E-state index in [4.69, 9.17) is 5.26 Å². The molecule has 0 saturated heterocycles. The molecule has 1 fully saturated rings. The van der Waals surface area contributed by atoms with E-state index in [1.807, 2.05) is 0 Å². The minimum absolute atomic E-state index is 0.441. The fraction of sp³-hybridized carbons (Fsp3) is 0.818. The van der Waals surface area contributed by atoms with Crippen molar-refractivity contribution in [2.45, 2.75) is 51.4 Å². The lowest BCUT2D eigenvalue weighted by molar-refractivity contribution is -0.121. The number of carbonyl (C=O) groups excluding carboxylic acids is 1. The first-order chi connectivity index (χ1) is 6.33. The molecule has 0 aromatic heterocycles. The zero-order valence-corrected chi connectivity index (χ0v) is 8.09. The Morgan fingerprint density at radius 3 is 3.00 bits per heavy atom. The number of hydrogen-bond donors (Lipinski definition) is 0. The summed E-state index contributed by atoms with van der Waals surface area (Å²) < 4.78 is 0. The molecule has 1 aliphatic carbocycles. The molecule has 1 saturated carbocycles. The number of hydrogen-bond acceptors (Lipinski definition) is 2. The molecule has 0 N–H and O–H groups in total. The van der Waals surface area contributed by atoms with Crippen molar-refractivity contribution in [1.29, 1.82) is 5.26 Å². The number of nitrogens with zero attached hydrogens (tertiary/aromatic N) is 1. The number of Topliss-reactive ketones (excluding diaryl/α,β-unsaturated/α-hetero) is 1. The number of ketones is 1. The minimum Gasteiger partial charge on any atom is -0.300 e. The molecule has 0 radical (unpaired) electrons. The second-order valence-electron chi connectivity index (χ2n) is 3.90. The minimum atomic E-state index is 0.441. The van der Waals surface area contributed by atoms with Gasteiger partial charge in [0.25, 0.3) is 0 Å². The number of unbranched alkanes of at least 4 members (excludes halogenated alkanes) is 2. The predicted octanol–water partition coefficient (Wildman–Crippen LogP) is 2.83. The van der Waals surface area contributed by atoms with Crippen LogP contribution in [0, 0.1) is 17.2 Å². The van der Waals surface area contributed by atoms with Gasteiger partial charge in [-0.15, -0.1) is 0 Å². The van der Waals surface area contributed by atoms with Gasteiger partial charge in [-0.2, -0.15) is 5.26 Å². The van der Waals surface area contributed by atoms with Gasteiger partial charge >= 0.3 is 0 Å². The summed E-state index contributed by atoms with van der Waals surface area (Å²) in [6, 6.07) is 2.15. The topological polar surface area (TPSA) is 40.9 Å². The Balaban J connectivity index is 2.07. The summed E-state index contributed by atoms with van der Waals surface area (Å²) in [4.78, 5) is 11.1. The maximum atomic E-state index is 11.1. The first kappa shape index (κ1) is 10.2. The highest BCUT2D eigenvalue weighted by molar-refractivity contribution is 5.79. The lowest BCUT2D eigenvalue weighted by Gasteiger charge is -2.20. The Morgan fingerprint density at radius 2 is 2.31 bits per heavy atom. The Kier molecular flexibility index (Phi) is 4.53. The van der Waals surface area contributed by atoms with Gasteiger partial charge < -0.3 is 0 Å². The quantitative estimate of drug-likeness (QED) is 0.622. The zero-order chi connectivity index (χ0) is 9.52. The van der Waals surface area contributed by atoms with Gasteiger partial charge in [-0.1, -0.05) is 6.42 Å². The third-order valence-corrected chi connectivity index (χ3v) is 2.74. The van der Waals surface area contributed by atoms with E-state index in [2.05, 4.69) is 6.07 Å². The Morgan fingerprint density at radius 1 is 1.46 bits per heavy atom. The smallest absolute Gasteiger partial charge is 0.133 e. The Hall–Kier alpha value is -0.840. The molecule has 0 amide bonds. The molecule has 1 unspecified atom stereocenters. The van der Waals surface area contributed by atoms with Crippen LogP contribution in [-0.2, 0) is 4.79 Å². The highest BCUT2D eigenvalue weighted by Gasteiger charge is 2.18. The molecule has 1 aliphatic rings. The predicted molar refractivity (Wildman–Crippen MR) is 51.0 cm³/mol. The molecule has 1 atom stereocenters. The van der Waals surface area contributed by atoms with Crippen molar-refractivity contribution in [1.82, 2.24) is 0 Å². The SMILES string of the molecule is N#CCCCCC1CCCC(=O)C1. The molecule has 0 bridgehead atoms. The maximum absolute atomic E-state index is 11.1. The third kappa shape index (κ3) is 4.07. The van der Waals surface area contributed by atoms with E-state index in [1.165, 1.54) is 6.42 Å². The fourth-order valence-electron chi connectivity index (χ4n) is 2.00. The highest BCUT2D eigenvalue weighted by Crippen LogP contribution is 2.25. The summed E-state index contributed by atoms with van der Waals surface area (Å²) in [5.74, 6) is 1.07. The van der Waals surface area contributed by atoms with Crippen molar-refractivity contribution < 1.29 is 4.79 Å². The zero-order valence-electron chi connectivity index (χ0n) is 8.09. The molecule has 0 spiro atoms. The van der Waals surface area contributed by atoms with Crippen molar-refractivity contribution >= 4 is 5.78 Å². The van der Waals surface area contributed by atoms with E-state index in [1.54, 1.807) is 0 Å². The van der Waals surface area contributed by atoms with E-state index >= 15 is 0 Å². The summed E-state index contributed by atoms with van der Waals surface area (Å²) >= 11 is 0. The number of carbonyl (C=O) groups is 1. The van der Waals surface area contributed by atoms with Crippen LogP contribution in [0.5, 0.6) is 0 Å². The van der Waals surface area contributed by atoms with Gasteiger partial charge in [0.2, 0.25) is 0 Å². The highest BCUT2D eigenvalue weighted by atomic mass is 16.1. The fourth-order valence-corrected chi connectivity index (χ4v) is 2.00. The van der Waals surface area contributed by atoms with Crippen LogP contribution in [0.1, 0.15) is 51.4 Å². The molecule has 0 aliphatic heterocycles. The lowest BCUT2D eigenvalue weighted by atomic mass is 9.85. The maximum Gasteiger partial charge on any atom is 0.133 e. The van der Waals surface area contributed by atoms with Crippen LogP contribution in [0.4, 0.5) is 0 Å². The largest absolute Gasteiger partial charge is 0.300 e. The molecule has 0 heterocycles. The van der Waals surface area contributed by atoms with Gasteiger partial charge in [-0.25, -0.2) is 0 Å². The van der Waals surface area contributed by atoms with Gasteiger partial charge in [-0.05, 0) is 31.6 Å². The van der Waals surface area contributed by atoms with E-state index in [0.29, 0.717) is 18.1 Å². The molecular formula is C11H17NO. The summed E-state index contributed by atoms with van der Waals surface area (Å²) in [5, 5.41) is 8.34. The summed E-state index contributed by atoms with van der Waals surface area (Å²) in [6.45, 7) is 0. The summed E-state index contributed by atoms with van der Waals surface area (Å²) in [7, 11) is 0. The van der Waals surface area contributed by atoms with Crippen LogP contribution in [0.2, 0.25) is 0 Å². The van der Waals surface area contributed by atoms with E-state index in [0.717, 1.165) is 38.5 Å². The van der Waals surface area contributed by atoms with Gasteiger partial charge in [0.15, 0.2) is 0 Å². The molecular weight excluding hydrogens is 162 g/mol. The van der Waals surface area contributed by atoms with E-state index in [9.17, 15) is 4.79 Å². The second kappa shape index (κ2) is 5.75. The van der Waals surface area contributed by atoms with Crippen molar-refractivity contribution in [3.63, 3.8) is 0 Å². The average molecular weight is 179 g/mol. The molecule has 13 heavy (non-hydrogen) atoms. The van der Waals surface area contributed by atoms with Gasteiger partial charge in [0, 0.05) is 19.3 Å². The molecule has 0 aromatic carbocycles. The first-order valence-corrected chi connectivity index (χ1v) is 5.21. The standard InChI is InChI=1S/C11H17NO/c12-8-3-1-2-5-10-6-4-7-11(13)9-10/h10H,1-7,9H2. The molecule has 0 aromatic rings. The van der Waals surface area contributed by atoms with Gasteiger partial charge in [-0.3, -0.25) is 4.79 Å². The van der Waals surface area contributed by atoms with Gasteiger partial charge in [0.05, 0.1) is 6.07 Å². The van der Waals surface area contributed by atoms with Crippen LogP contribution in [-0.4, -0.2) is 5.78 Å². The van der Waals surface area contributed by atoms with Crippen molar-refractivity contribution in [2.75, 3.05) is 0 Å². The molecule has 72 valence electrons. The van der Waals surface area contributed by atoms with Crippen LogP contribution in [0.25, 0.3) is 0 Å². The van der Waals surface area contributed by atoms with Gasteiger partial charge in [0.1, 0.15) is 5.78 Å². The molecule has 2 nitrogen and oxygen atoms in total. The van der Waals surface area contributed by atoms with Crippen LogP contribution < -0.4 is 0 Å². The normalized spacial score (nSPS) is 22.7. The van der Waals surface area contributed by atoms with Crippen molar-refractivity contribution in [3.05, 3.63) is 0 Å². The van der Waals surface area contributed by atoms with E-state index < -0.39 is 0 Å². The lowest BCUT2D eigenvalue weighted by Crippen LogP contribution is -2.14. The summed E-state index contributed by atoms with van der Waals surface area (Å²) in [5.41, 5.74) is 0. The van der Waals surface area contributed by atoms with Crippen LogP contribution in [0.3, 0.4) is 0 Å². The average Bonchev–Trinajstić information content (AvgIpc) is 2.13. The third-order valence-electron chi connectivity index (χ3n) is 2.74. The summed E-state index contributed by atoms with van der Waals surface area (Å²) in [6.07, 6.45) is 7.84. The van der Waals surface area contributed by atoms with Crippen LogP contribution >= 0.6 is 0 Å². The van der Waals surface area contributed by atoms with E-state index in [-0.39, 0.29) is 0 Å². The number of rotatable bonds is 4. The number of nitriles is 1. The van der Waals surface area contributed by atoms with Crippen molar-refractivity contribution in [2.24, 2.45) is 5.92 Å². The second-order valence-corrected chi connectivity index (χ2v) is 3.90. The molecule has 1 rings (SSSR count). The Bertz CT molecular complexity index is 205.